The maximum absolute atomic E-state index is 2.52. The van der Waals surface area contributed by atoms with Gasteiger partial charge in [-0.15, -0.1) is 0 Å². The first-order valence-electron chi connectivity index (χ1n) is 6.02. The molecule has 2 rings (SSSR count). The summed E-state index contributed by atoms with van der Waals surface area (Å²) >= 11 is -1.10. The van der Waals surface area contributed by atoms with Gasteiger partial charge in [0.1, 0.15) is 0 Å². The summed E-state index contributed by atoms with van der Waals surface area (Å²) in [6.45, 7) is 9.68. The Morgan fingerprint density at radius 3 is 1.50 bits per heavy atom. The summed E-state index contributed by atoms with van der Waals surface area (Å²) in [6, 6.07) is 0. The average Bonchev–Trinajstić information content (AvgIpc) is 2.79. The van der Waals surface area contributed by atoms with Crippen LogP contribution in [0.4, 0.5) is 0 Å². The van der Waals surface area contributed by atoms with Crippen molar-refractivity contribution in [2.75, 3.05) is 0 Å². The molecule has 98 valence electrons. The summed E-state index contributed by atoms with van der Waals surface area (Å²) < 4.78 is 3.72. The van der Waals surface area contributed by atoms with E-state index in [1.165, 1.54) is 12.8 Å². The largest absolute Gasteiger partial charge is 1.00 e. The van der Waals surface area contributed by atoms with Crippen LogP contribution in [-0.2, 0) is 16.6 Å². The molecule has 0 aliphatic heterocycles. The molecule has 0 saturated carbocycles. The molecule has 2 aliphatic carbocycles. The van der Waals surface area contributed by atoms with Gasteiger partial charge in [-0.1, -0.05) is 0 Å². The molecule has 0 aromatic rings. The molecule has 0 heterocycles. The molecule has 0 spiro atoms. The van der Waals surface area contributed by atoms with Crippen LogP contribution in [0.15, 0.2) is 43.2 Å². The van der Waals surface area contributed by atoms with Crippen LogP contribution in [0.2, 0.25) is 13.1 Å². The van der Waals surface area contributed by atoms with E-state index in [-0.39, 0.29) is 31.0 Å². The van der Waals surface area contributed by atoms with Gasteiger partial charge in [0, 0.05) is 0 Å². The number of hydrogen-bond donors (Lipinski definition) is 0. The monoisotopic (exact) mass is 334 g/mol. The minimum Gasteiger partial charge on any atom is -1.00 e. The van der Waals surface area contributed by atoms with E-state index in [2.05, 4.69) is 51.2 Å². The van der Waals surface area contributed by atoms with Crippen LogP contribution >= 0.6 is 0 Å². The van der Waals surface area contributed by atoms with E-state index in [9.17, 15) is 0 Å². The maximum atomic E-state index is 2.52. The molecule has 4 heteroatoms. The first kappa shape index (κ1) is 18.5. The topological polar surface area (TPSA) is 0 Å². The molecular formula is C14H20Cl2SiTi. The van der Waals surface area contributed by atoms with Gasteiger partial charge in [-0.05, 0) is 0 Å². The van der Waals surface area contributed by atoms with Crippen molar-refractivity contribution < 1.29 is 41.4 Å². The second-order valence-electron chi connectivity index (χ2n) is 4.91. The fraction of sp³-hybridized carbons (Fsp3) is 0.429. The quantitative estimate of drug-likeness (QED) is 0.530. The molecule has 0 atom stereocenters. The van der Waals surface area contributed by atoms with Gasteiger partial charge in [-0.2, -0.15) is 0 Å². The van der Waals surface area contributed by atoms with E-state index in [0.29, 0.717) is 0 Å². The molecule has 0 aromatic carbocycles. The van der Waals surface area contributed by atoms with Crippen LogP contribution in [0, 0.1) is 0 Å². The van der Waals surface area contributed by atoms with E-state index >= 15 is 0 Å². The SMILES string of the molecule is CC1=[C]([Ti+2]([C]2=C(C)C=CC2)=[Si](C)C)CC=C1.[Cl-].[Cl-]. The third-order valence-electron chi connectivity index (χ3n) is 3.44. The summed E-state index contributed by atoms with van der Waals surface area (Å²) in [5, 5.41) is 0. The van der Waals surface area contributed by atoms with Crippen molar-refractivity contribution in [2.24, 2.45) is 0 Å². The molecule has 0 radical (unpaired) electrons. The van der Waals surface area contributed by atoms with Crippen molar-refractivity contribution >= 4 is 6.19 Å². The number of rotatable bonds is 2. The smallest absolute Gasteiger partial charge is 1.00 e. The van der Waals surface area contributed by atoms with E-state index < -0.39 is 16.6 Å². The second-order valence-corrected chi connectivity index (χ2v) is 16.7. The molecule has 0 fully saturated rings. The van der Waals surface area contributed by atoms with Crippen LogP contribution in [0.25, 0.3) is 0 Å². The molecule has 0 N–H and O–H groups in total. The Labute approximate surface area is 130 Å². The van der Waals surface area contributed by atoms with Crippen molar-refractivity contribution in [3.8, 4) is 0 Å². The molecule has 0 nitrogen and oxygen atoms in total. The summed E-state index contributed by atoms with van der Waals surface area (Å²) in [4.78, 5) is 0. The van der Waals surface area contributed by atoms with Crippen molar-refractivity contribution in [2.45, 2.75) is 39.8 Å². The Hall–Kier alpha value is 0.471. The standard InChI is InChI=1S/2C6H7.C2H6Si.2ClH.Ti/c2*1-6-4-2-3-5-6;1-3-2;;;/h2*2,4H,3H2,1H3;1-2H3;2*1H;/q;;;;;+2/p-2. The van der Waals surface area contributed by atoms with E-state index in [0.717, 1.165) is 0 Å². The summed E-state index contributed by atoms with van der Waals surface area (Å²) in [6.07, 6.45) is 11.8. The zero-order chi connectivity index (χ0) is 11.7. The minimum atomic E-state index is -1.10. The first-order valence-corrected chi connectivity index (χ1v) is 12.4. The van der Waals surface area contributed by atoms with Gasteiger partial charge in [0.2, 0.25) is 0 Å². The van der Waals surface area contributed by atoms with Gasteiger partial charge < -0.3 is 24.8 Å². The van der Waals surface area contributed by atoms with Gasteiger partial charge in [0.25, 0.3) is 0 Å². The third-order valence-corrected chi connectivity index (χ3v) is 15.4. The third kappa shape index (κ3) is 3.74. The Bertz CT molecular complexity index is 440. The normalized spacial score (nSPS) is 16.4. The van der Waals surface area contributed by atoms with Crippen LogP contribution in [0.5, 0.6) is 0 Å². The number of allylic oxidation sites excluding steroid dienone is 8. The van der Waals surface area contributed by atoms with Gasteiger partial charge in [0.15, 0.2) is 0 Å². The Balaban J connectivity index is 0.00000144. The Kier molecular flexibility index (Phi) is 8.12. The predicted octanol–water partition coefficient (Wildman–Crippen LogP) is -1.67. The molecule has 0 bridgehead atoms. The molecule has 2 aliphatic rings. The average molecular weight is 335 g/mol. The molecule has 0 saturated heterocycles. The zero-order valence-corrected chi connectivity index (χ0v) is 15.6. The van der Waals surface area contributed by atoms with E-state index in [1.54, 1.807) is 11.1 Å². The van der Waals surface area contributed by atoms with Crippen molar-refractivity contribution in [3.05, 3.63) is 43.2 Å². The van der Waals surface area contributed by atoms with Gasteiger partial charge in [-0.25, -0.2) is 0 Å². The van der Waals surface area contributed by atoms with E-state index in [4.69, 9.17) is 0 Å². The van der Waals surface area contributed by atoms with Crippen molar-refractivity contribution in [1.29, 1.82) is 0 Å². The first-order chi connectivity index (χ1) is 7.61. The van der Waals surface area contributed by atoms with Crippen LogP contribution in [0.3, 0.4) is 0 Å². The van der Waals surface area contributed by atoms with Crippen LogP contribution < -0.4 is 24.8 Å². The second kappa shape index (κ2) is 7.92. The Morgan fingerprint density at radius 2 is 1.28 bits per heavy atom. The van der Waals surface area contributed by atoms with Gasteiger partial charge in [-0.3, -0.25) is 0 Å². The maximum Gasteiger partial charge on any atom is -1.00 e. The van der Waals surface area contributed by atoms with Crippen molar-refractivity contribution in [3.63, 3.8) is 0 Å². The number of hydrogen-bond acceptors (Lipinski definition) is 0. The molecule has 18 heavy (non-hydrogen) atoms. The van der Waals surface area contributed by atoms with Crippen molar-refractivity contribution in [1.82, 2.24) is 0 Å². The molecule has 0 unspecified atom stereocenters. The molecule has 0 amide bonds. The summed E-state index contributed by atoms with van der Waals surface area (Å²) in [7, 11) is 0. The minimum absolute atomic E-state index is 0. The molecular weight excluding hydrogens is 315 g/mol. The van der Waals surface area contributed by atoms with E-state index in [1.807, 2.05) is 7.76 Å². The Morgan fingerprint density at radius 1 is 0.889 bits per heavy atom. The summed E-state index contributed by atoms with van der Waals surface area (Å²) in [5.74, 6) is 0. The van der Waals surface area contributed by atoms with Gasteiger partial charge >= 0.3 is 106 Å². The predicted molar refractivity (Wildman–Crippen MR) is 70.4 cm³/mol. The summed E-state index contributed by atoms with van der Waals surface area (Å²) in [5.41, 5.74) is 3.18. The van der Waals surface area contributed by atoms with Crippen LogP contribution in [-0.4, -0.2) is 6.19 Å². The fourth-order valence-electron chi connectivity index (χ4n) is 2.61. The van der Waals surface area contributed by atoms with Crippen LogP contribution in [0.1, 0.15) is 26.7 Å². The zero-order valence-electron chi connectivity index (χ0n) is 11.5. The fourth-order valence-corrected chi connectivity index (χ4v) is 15.0. The number of halogens is 2. The molecule has 0 aromatic heterocycles. The van der Waals surface area contributed by atoms with Gasteiger partial charge in [0.05, 0.1) is 0 Å².